The highest BCUT2D eigenvalue weighted by Gasteiger charge is 2.19. The maximum absolute atomic E-state index is 13.3. The Balaban J connectivity index is 1.90. The van der Waals surface area contributed by atoms with Crippen molar-refractivity contribution in [1.82, 2.24) is 9.38 Å². The number of carboxylic acid groups (broad SMARTS) is 1. The minimum atomic E-state index is -1.02. The predicted octanol–water partition coefficient (Wildman–Crippen LogP) is 4.72. The monoisotopic (exact) mass is 438 g/mol. The highest BCUT2D eigenvalue weighted by Crippen LogP contribution is 2.28. The van der Waals surface area contributed by atoms with E-state index in [1.54, 1.807) is 49.5 Å². The quantitative estimate of drug-likeness (QED) is 0.467. The number of pyridine rings is 1. The lowest BCUT2D eigenvalue weighted by Crippen LogP contribution is -2.22. The second-order valence-corrected chi connectivity index (χ2v) is 7.97. The van der Waals surface area contributed by atoms with Gasteiger partial charge in [0.05, 0.1) is 28.9 Å². The van der Waals surface area contributed by atoms with E-state index in [1.165, 1.54) is 10.5 Å². The second-order valence-electron chi connectivity index (χ2n) is 7.97. The highest BCUT2D eigenvalue weighted by atomic mass is 16.4. The Hall–Kier alpha value is -4.44. The Morgan fingerprint density at radius 2 is 1.91 bits per heavy atom. The van der Waals surface area contributed by atoms with E-state index in [2.05, 4.69) is 11.4 Å². The van der Waals surface area contributed by atoms with Crippen LogP contribution >= 0.6 is 0 Å². The number of para-hydroxylation sites is 1. The topological polar surface area (TPSA) is 107 Å². The average Bonchev–Trinajstić information content (AvgIpc) is 2.81. The molecule has 2 aromatic carbocycles. The van der Waals surface area contributed by atoms with Crippen molar-refractivity contribution in [1.29, 1.82) is 5.26 Å². The van der Waals surface area contributed by atoms with Gasteiger partial charge >= 0.3 is 5.97 Å². The van der Waals surface area contributed by atoms with Crippen molar-refractivity contribution in [2.45, 2.75) is 26.8 Å². The molecule has 2 N–H and O–H groups in total. The normalized spacial score (nSPS) is 11.7. The summed E-state index contributed by atoms with van der Waals surface area (Å²) in [6.07, 6.45) is 1.74. The molecule has 0 radical (unpaired) electrons. The Kier molecular flexibility index (Phi) is 5.67. The number of aromatic nitrogens is 2. The van der Waals surface area contributed by atoms with E-state index in [1.807, 2.05) is 26.0 Å². The molecule has 0 saturated carbocycles. The number of fused-ring (bicyclic) bond motifs is 1. The van der Waals surface area contributed by atoms with Crippen LogP contribution in [0.1, 0.15) is 45.6 Å². The number of aromatic carboxylic acids is 1. The minimum absolute atomic E-state index is 0.163. The summed E-state index contributed by atoms with van der Waals surface area (Å²) in [5, 5.41) is 22.0. The van der Waals surface area contributed by atoms with Crippen LogP contribution in [0, 0.1) is 25.2 Å². The Morgan fingerprint density at radius 3 is 2.64 bits per heavy atom. The summed E-state index contributed by atoms with van der Waals surface area (Å²) in [6, 6.07) is 17.4. The van der Waals surface area contributed by atoms with Crippen LogP contribution in [-0.4, -0.2) is 20.5 Å². The van der Waals surface area contributed by atoms with Gasteiger partial charge in [0, 0.05) is 28.6 Å². The van der Waals surface area contributed by atoms with Gasteiger partial charge in [-0.25, -0.2) is 9.78 Å². The van der Waals surface area contributed by atoms with E-state index in [-0.39, 0.29) is 17.2 Å². The first kappa shape index (κ1) is 21.8. The zero-order chi connectivity index (χ0) is 23.7. The molecular formula is C26H22N4O3. The third-order valence-electron chi connectivity index (χ3n) is 5.58. The van der Waals surface area contributed by atoms with Crippen LogP contribution in [0.5, 0.6) is 0 Å². The first-order valence-electron chi connectivity index (χ1n) is 10.4. The molecule has 1 unspecified atom stereocenters. The van der Waals surface area contributed by atoms with Crippen molar-refractivity contribution in [3.63, 3.8) is 0 Å². The van der Waals surface area contributed by atoms with E-state index < -0.39 is 5.97 Å². The minimum Gasteiger partial charge on any atom is -0.478 e. The summed E-state index contributed by atoms with van der Waals surface area (Å²) in [4.78, 5) is 29.7. The molecule has 33 heavy (non-hydrogen) atoms. The SMILES string of the molecule is Cc1cc(C(C)Nc2ccccc2C(=O)O)c2nc(-c3cccc(C#N)c3)c(C)c(=O)n2c1. The molecule has 0 amide bonds. The lowest BCUT2D eigenvalue weighted by Gasteiger charge is -2.20. The third-order valence-corrected chi connectivity index (χ3v) is 5.58. The molecule has 1 atom stereocenters. The second kappa shape index (κ2) is 8.60. The average molecular weight is 438 g/mol. The molecule has 0 aliphatic heterocycles. The van der Waals surface area contributed by atoms with Crippen LogP contribution in [0.2, 0.25) is 0 Å². The highest BCUT2D eigenvalue weighted by molar-refractivity contribution is 5.94. The largest absolute Gasteiger partial charge is 0.478 e. The number of nitrogens with zero attached hydrogens (tertiary/aromatic N) is 3. The lowest BCUT2D eigenvalue weighted by atomic mass is 10.0. The van der Waals surface area contributed by atoms with Gasteiger partial charge in [-0.3, -0.25) is 9.20 Å². The number of hydrogen-bond donors (Lipinski definition) is 2. The molecule has 4 aromatic rings. The zero-order valence-electron chi connectivity index (χ0n) is 18.5. The number of nitriles is 1. The van der Waals surface area contributed by atoms with E-state index in [0.717, 1.165) is 11.1 Å². The number of rotatable bonds is 5. The van der Waals surface area contributed by atoms with Crippen LogP contribution in [0.15, 0.2) is 65.6 Å². The van der Waals surface area contributed by atoms with E-state index >= 15 is 0 Å². The first-order valence-corrected chi connectivity index (χ1v) is 10.4. The van der Waals surface area contributed by atoms with Crippen molar-refractivity contribution in [2.24, 2.45) is 0 Å². The molecule has 0 bridgehead atoms. The molecule has 0 aliphatic rings. The van der Waals surface area contributed by atoms with Crippen LogP contribution in [0.4, 0.5) is 5.69 Å². The fraction of sp³-hybridized carbons (Fsp3) is 0.154. The van der Waals surface area contributed by atoms with Crippen LogP contribution in [-0.2, 0) is 0 Å². The van der Waals surface area contributed by atoms with E-state index in [9.17, 15) is 20.0 Å². The van der Waals surface area contributed by atoms with Gasteiger partial charge in [-0.15, -0.1) is 0 Å². The van der Waals surface area contributed by atoms with Gasteiger partial charge in [0.25, 0.3) is 5.56 Å². The third kappa shape index (κ3) is 4.06. The number of nitrogens with one attached hydrogen (secondary N) is 1. The molecule has 0 fully saturated rings. The molecule has 0 saturated heterocycles. The Morgan fingerprint density at radius 1 is 1.15 bits per heavy atom. The predicted molar refractivity (Wildman–Crippen MR) is 127 cm³/mol. The van der Waals surface area contributed by atoms with Crippen molar-refractivity contribution in [3.8, 4) is 17.3 Å². The standard InChI is InChI=1S/C26H22N4O3/c1-15-11-21(17(3)28-22-10-5-4-9-20(22)26(32)33)24-29-23(16(2)25(31)30(24)14-15)19-8-6-7-18(12-19)13-27/h4-12,14,17,28H,1-3H3,(H,32,33). The summed E-state index contributed by atoms with van der Waals surface area (Å²) in [7, 11) is 0. The van der Waals surface area contributed by atoms with E-state index in [0.29, 0.717) is 33.7 Å². The van der Waals surface area contributed by atoms with Gasteiger partial charge in [0.1, 0.15) is 5.65 Å². The van der Waals surface area contributed by atoms with Crippen molar-refractivity contribution < 1.29 is 9.90 Å². The summed E-state index contributed by atoms with van der Waals surface area (Å²) < 4.78 is 1.53. The number of aryl methyl sites for hydroxylation is 1. The molecule has 2 heterocycles. The van der Waals surface area contributed by atoms with Crippen LogP contribution in [0.25, 0.3) is 16.9 Å². The van der Waals surface area contributed by atoms with Crippen LogP contribution in [0.3, 0.4) is 0 Å². The molecule has 7 heteroatoms. The van der Waals surface area contributed by atoms with Crippen LogP contribution < -0.4 is 10.9 Å². The maximum atomic E-state index is 13.3. The van der Waals surface area contributed by atoms with Crippen molar-refractivity contribution >= 4 is 17.3 Å². The van der Waals surface area contributed by atoms with Gasteiger partial charge in [-0.2, -0.15) is 5.26 Å². The fourth-order valence-electron chi connectivity index (χ4n) is 3.94. The van der Waals surface area contributed by atoms with Gasteiger partial charge in [0.2, 0.25) is 0 Å². The number of benzene rings is 2. The fourth-order valence-corrected chi connectivity index (χ4v) is 3.94. The smallest absolute Gasteiger partial charge is 0.337 e. The first-order chi connectivity index (χ1) is 15.8. The van der Waals surface area contributed by atoms with Gasteiger partial charge in [-0.1, -0.05) is 24.3 Å². The lowest BCUT2D eigenvalue weighted by molar-refractivity contribution is 0.0698. The summed E-state index contributed by atoms with van der Waals surface area (Å²) in [5.74, 6) is -1.02. The van der Waals surface area contributed by atoms with Crippen molar-refractivity contribution in [2.75, 3.05) is 5.32 Å². The summed E-state index contributed by atoms with van der Waals surface area (Å²) in [6.45, 7) is 5.52. The molecule has 0 aliphatic carbocycles. The molecule has 2 aromatic heterocycles. The summed E-state index contributed by atoms with van der Waals surface area (Å²) >= 11 is 0. The van der Waals surface area contributed by atoms with Crippen molar-refractivity contribution in [3.05, 3.63) is 99.0 Å². The molecule has 4 rings (SSSR count). The Bertz CT molecular complexity index is 1500. The molecular weight excluding hydrogens is 416 g/mol. The zero-order valence-corrected chi connectivity index (χ0v) is 18.5. The molecule has 0 spiro atoms. The molecule has 7 nitrogen and oxygen atoms in total. The summed E-state index contributed by atoms with van der Waals surface area (Å²) in [5.41, 5.74) is 4.72. The number of carboxylic acids is 1. The van der Waals surface area contributed by atoms with Gasteiger partial charge < -0.3 is 10.4 Å². The number of anilines is 1. The van der Waals surface area contributed by atoms with Gasteiger partial charge in [-0.05, 0) is 56.7 Å². The number of hydrogen-bond acceptors (Lipinski definition) is 5. The maximum Gasteiger partial charge on any atom is 0.337 e. The van der Waals surface area contributed by atoms with E-state index in [4.69, 9.17) is 4.98 Å². The Labute approximate surface area is 190 Å². The van der Waals surface area contributed by atoms with Gasteiger partial charge in [0.15, 0.2) is 0 Å². The number of carbonyl (C=O) groups is 1. The molecule has 164 valence electrons.